The zero-order chi connectivity index (χ0) is 19.2. The molecule has 1 aromatic carbocycles. The first kappa shape index (κ1) is 19.4. The zero-order valence-electron chi connectivity index (χ0n) is 16.5. The fraction of sp³-hybridized carbons (Fsp3) is 0.571. The fourth-order valence-corrected chi connectivity index (χ4v) is 4.19. The molecule has 1 aromatic heterocycles. The fourth-order valence-electron chi connectivity index (χ4n) is 4.19. The van der Waals surface area contributed by atoms with E-state index in [0.29, 0.717) is 12.0 Å². The number of ether oxygens (including phenoxy) is 3. The number of hydrogen-bond acceptors (Lipinski definition) is 6. The second-order valence-electron chi connectivity index (χ2n) is 7.47. The van der Waals surface area contributed by atoms with Gasteiger partial charge < -0.3 is 19.5 Å². The first-order chi connectivity index (χ1) is 13.8. The minimum atomic E-state index is 0.485. The van der Waals surface area contributed by atoms with E-state index >= 15 is 0 Å². The first-order valence-corrected chi connectivity index (χ1v) is 10.1. The number of benzene rings is 1. The summed E-state index contributed by atoms with van der Waals surface area (Å²) in [4.78, 5) is 2.56. The van der Waals surface area contributed by atoms with Gasteiger partial charge in [-0.2, -0.15) is 5.10 Å². The van der Waals surface area contributed by atoms with E-state index in [4.69, 9.17) is 14.2 Å². The normalized spacial score (nSPS) is 21.7. The quantitative estimate of drug-likeness (QED) is 0.722. The predicted molar refractivity (Wildman–Crippen MR) is 107 cm³/mol. The molecule has 2 N–H and O–H groups in total. The van der Waals surface area contributed by atoms with E-state index in [9.17, 15) is 0 Å². The molecule has 2 aliphatic rings. The number of aromatic amines is 1. The molecule has 7 heteroatoms. The van der Waals surface area contributed by atoms with Crippen LogP contribution in [0.4, 0.5) is 0 Å². The third-order valence-corrected chi connectivity index (χ3v) is 5.77. The van der Waals surface area contributed by atoms with Gasteiger partial charge in [0.2, 0.25) is 0 Å². The van der Waals surface area contributed by atoms with Crippen LogP contribution < -0.4 is 10.1 Å². The molecule has 28 heavy (non-hydrogen) atoms. The summed E-state index contributed by atoms with van der Waals surface area (Å²) in [5.74, 6) is 1.44. The molecule has 0 radical (unpaired) electrons. The minimum Gasteiger partial charge on any atom is -0.497 e. The molecule has 2 fully saturated rings. The highest BCUT2D eigenvalue weighted by Gasteiger charge is 2.31. The van der Waals surface area contributed by atoms with Crippen molar-refractivity contribution in [3.63, 3.8) is 0 Å². The SMILES string of the molecule is COc1cccc(-c2[nH]ncc2CNC[C@@H]([C@@H]2CCOC2)N2CCOCC2)c1. The van der Waals surface area contributed by atoms with Crippen molar-refractivity contribution < 1.29 is 14.2 Å². The third kappa shape index (κ3) is 4.55. The number of hydrogen-bond donors (Lipinski definition) is 2. The molecule has 2 aromatic rings. The van der Waals surface area contributed by atoms with Crippen LogP contribution in [0.3, 0.4) is 0 Å². The lowest BCUT2D eigenvalue weighted by molar-refractivity contribution is 0.00137. The van der Waals surface area contributed by atoms with Crippen LogP contribution in [0.2, 0.25) is 0 Å². The topological polar surface area (TPSA) is 71.6 Å². The molecular formula is C21H30N4O3. The maximum absolute atomic E-state index is 5.67. The first-order valence-electron chi connectivity index (χ1n) is 10.1. The van der Waals surface area contributed by atoms with Gasteiger partial charge in [-0.15, -0.1) is 0 Å². The Hall–Kier alpha value is -1.93. The van der Waals surface area contributed by atoms with Gasteiger partial charge in [-0.3, -0.25) is 10.00 Å². The van der Waals surface area contributed by atoms with Gasteiger partial charge in [0.15, 0.2) is 0 Å². The Labute approximate surface area is 166 Å². The van der Waals surface area contributed by atoms with Crippen LogP contribution >= 0.6 is 0 Å². The summed E-state index contributed by atoms with van der Waals surface area (Å²) in [5, 5.41) is 11.1. The summed E-state index contributed by atoms with van der Waals surface area (Å²) < 4.78 is 16.6. The maximum atomic E-state index is 5.67. The molecule has 0 aliphatic carbocycles. The van der Waals surface area contributed by atoms with E-state index in [0.717, 1.165) is 81.6 Å². The van der Waals surface area contributed by atoms with Crippen molar-refractivity contribution in [2.24, 2.45) is 5.92 Å². The van der Waals surface area contributed by atoms with E-state index in [1.807, 2.05) is 24.4 Å². The molecule has 3 heterocycles. The average Bonchev–Trinajstić information content (AvgIpc) is 3.44. The van der Waals surface area contributed by atoms with Crippen LogP contribution in [0.25, 0.3) is 11.3 Å². The Morgan fingerprint density at radius 1 is 1.29 bits per heavy atom. The van der Waals surface area contributed by atoms with E-state index in [1.165, 1.54) is 0 Å². The molecule has 2 saturated heterocycles. The standard InChI is InChI=1S/C21H30N4O3/c1-26-19-4-2-3-16(11-19)21-18(13-23-24-21)12-22-14-20(17-5-8-28-15-17)25-6-9-27-10-7-25/h2-4,11,13,17,20,22H,5-10,12,14-15H2,1H3,(H,23,24)/t17-,20+/m1/s1. The lowest BCUT2D eigenvalue weighted by Crippen LogP contribution is -2.51. The molecule has 152 valence electrons. The van der Waals surface area contributed by atoms with E-state index in [2.05, 4.69) is 26.5 Å². The van der Waals surface area contributed by atoms with Crippen LogP contribution in [-0.2, 0) is 16.0 Å². The molecule has 7 nitrogen and oxygen atoms in total. The van der Waals surface area contributed by atoms with Crippen LogP contribution in [0.15, 0.2) is 30.5 Å². The average molecular weight is 386 g/mol. The molecule has 2 aliphatic heterocycles. The second kappa shape index (κ2) is 9.52. The molecule has 2 atom stereocenters. The van der Waals surface area contributed by atoms with Crippen LogP contribution in [-0.4, -0.2) is 74.3 Å². The van der Waals surface area contributed by atoms with E-state index < -0.39 is 0 Å². The van der Waals surface area contributed by atoms with Crippen LogP contribution in [0.1, 0.15) is 12.0 Å². The van der Waals surface area contributed by atoms with Crippen LogP contribution in [0.5, 0.6) is 5.75 Å². The van der Waals surface area contributed by atoms with E-state index in [1.54, 1.807) is 7.11 Å². The Bertz CT molecular complexity index is 739. The summed E-state index contributed by atoms with van der Waals surface area (Å²) in [7, 11) is 1.69. The van der Waals surface area contributed by atoms with Gasteiger partial charge in [-0.25, -0.2) is 0 Å². The summed E-state index contributed by atoms with van der Waals surface area (Å²) in [6.07, 6.45) is 3.05. The third-order valence-electron chi connectivity index (χ3n) is 5.77. The van der Waals surface area contributed by atoms with Gasteiger partial charge in [0.25, 0.3) is 0 Å². The van der Waals surface area contributed by atoms with Gasteiger partial charge >= 0.3 is 0 Å². The van der Waals surface area contributed by atoms with Crippen LogP contribution in [0, 0.1) is 5.92 Å². The highest BCUT2D eigenvalue weighted by molar-refractivity contribution is 5.64. The highest BCUT2D eigenvalue weighted by atomic mass is 16.5. The second-order valence-corrected chi connectivity index (χ2v) is 7.47. The largest absolute Gasteiger partial charge is 0.497 e. The number of rotatable bonds is 8. The molecule has 4 rings (SSSR count). The molecule has 0 amide bonds. The number of nitrogens with one attached hydrogen (secondary N) is 2. The summed E-state index contributed by atoms with van der Waals surface area (Å²) in [6.45, 7) is 7.12. The van der Waals surface area contributed by atoms with Crippen molar-refractivity contribution in [1.82, 2.24) is 20.4 Å². The Morgan fingerprint density at radius 3 is 2.96 bits per heavy atom. The van der Waals surface area contributed by atoms with Gasteiger partial charge in [0.1, 0.15) is 5.75 Å². The predicted octanol–water partition coefficient (Wildman–Crippen LogP) is 1.91. The van der Waals surface area contributed by atoms with Gasteiger partial charge in [-0.1, -0.05) is 12.1 Å². The van der Waals surface area contributed by atoms with Crippen molar-refractivity contribution in [3.05, 3.63) is 36.0 Å². The van der Waals surface area contributed by atoms with Gasteiger partial charge in [0.05, 0.1) is 38.8 Å². The van der Waals surface area contributed by atoms with Crippen molar-refractivity contribution in [1.29, 1.82) is 0 Å². The van der Waals surface area contributed by atoms with Crippen molar-refractivity contribution >= 4 is 0 Å². The Morgan fingerprint density at radius 2 is 2.18 bits per heavy atom. The zero-order valence-corrected chi connectivity index (χ0v) is 16.5. The Kier molecular flexibility index (Phi) is 6.59. The van der Waals surface area contributed by atoms with Crippen molar-refractivity contribution in [2.45, 2.75) is 19.0 Å². The van der Waals surface area contributed by atoms with Crippen molar-refractivity contribution in [2.75, 3.05) is 53.2 Å². The maximum Gasteiger partial charge on any atom is 0.119 e. The van der Waals surface area contributed by atoms with Gasteiger partial charge in [0, 0.05) is 55.9 Å². The molecule has 0 spiro atoms. The smallest absolute Gasteiger partial charge is 0.119 e. The number of H-pyrrole nitrogens is 1. The highest BCUT2D eigenvalue weighted by Crippen LogP contribution is 2.25. The number of nitrogens with zero attached hydrogens (tertiary/aromatic N) is 2. The molecule has 0 bridgehead atoms. The number of aromatic nitrogens is 2. The monoisotopic (exact) mass is 386 g/mol. The minimum absolute atomic E-state index is 0.485. The summed E-state index contributed by atoms with van der Waals surface area (Å²) in [6, 6.07) is 8.54. The van der Waals surface area contributed by atoms with Gasteiger partial charge in [-0.05, 0) is 18.6 Å². The van der Waals surface area contributed by atoms with Crippen molar-refractivity contribution in [3.8, 4) is 17.0 Å². The van der Waals surface area contributed by atoms with E-state index in [-0.39, 0.29) is 0 Å². The summed E-state index contributed by atoms with van der Waals surface area (Å²) >= 11 is 0. The molecule has 0 unspecified atom stereocenters. The lowest BCUT2D eigenvalue weighted by atomic mass is 9.96. The molecule has 0 saturated carbocycles. The molecular weight excluding hydrogens is 356 g/mol. The number of morpholine rings is 1. The number of methoxy groups -OCH3 is 1. The summed E-state index contributed by atoms with van der Waals surface area (Å²) in [5.41, 5.74) is 3.29. The Balaban J connectivity index is 1.40. The lowest BCUT2D eigenvalue weighted by Gasteiger charge is -2.37.